The number of allylic oxidation sites excluding steroid dienone is 4. The van der Waals surface area contributed by atoms with Crippen molar-refractivity contribution in [1.29, 1.82) is 0 Å². The first-order chi connectivity index (χ1) is 20.0. The number of nitrogens with zero attached hydrogens (tertiary/aromatic N) is 3. The van der Waals surface area contributed by atoms with Crippen LogP contribution in [0, 0.1) is 0 Å². The van der Waals surface area contributed by atoms with Gasteiger partial charge in [-0.05, 0) is 79.3 Å². The van der Waals surface area contributed by atoms with E-state index >= 15 is 0 Å². The first-order valence-electron chi connectivity index (χ1n) is 13.8. The molecule has 2 aromatic heterocycles. The minimum atomic E-state index is 0.626. The van der Waals surface area contributed by atoms with E-state index in [1.807, 2.05) is 42.5 Å². The smallest absolute Gasteiger partial charge is 0.145 e. The van der Waals surface area contributed by atoms with Crippen molar-refractivity contribution in [1.82, 2.24) is 15.4 Å². The lowest BCUT2D eigenvalue weighted by Gasteiger charge is -2.38. The molecule has 206 valence electrons. The third-order valence-corrected chi connectivity index (χ3v) is 7.44. The summed E-state index contributed by atoms with van der Waals surface area (Å²) in [6, 6.07) is 20.0. The molecule has 0 saturated heterocycles. The second-order valence-electron chi connectivity index (χ2n) is 10.1. The van der Waals surface area contributed by atoms with Crippen LogP contribution in [0.2, 0.25) is 0 Å². The van der Waals surface area contributed by atoms with Gasteiger partial charge in [0.1, 0.15) is 23.1 Å². The van der Waals surface area contributed by atoms with Gasteiger partial charge in [0.25, 0.3) is 0 Å². The summed E-state index contributed by atoms with van der Waals surface area (Å²) in [5, 5.41) is 6.42. The SMILES string of the molecule is C=C1CCCC2=C1C=C(C(=C)Nc1ccc(Oc3ccnc4cc(OC)c(CC)cc34)cn1)NN2c1ccccc1. The summed E-state index contributed by atoms with van der Waals surface area (Å²) in [5.74, 6) is 2.84. The number of ether oxygens (including phenoxy) is 2. The Morgan fingerprint density at radius 3 is 2.66 bits per heavy atom. The van der Waals surface area contributed by atoms with Crippen molar-refractivity contribution in [3.05, 3.63) is 126 Å². The van der Waals surface area contributed by atoms with E-state index in [1.165, 1.54) is 11.3 Å². The summed E-state index contributed by atoms with van der Waals surface area (Å²) >= 11 is 0. The highest BCUT2D eigenvalue weighted by Crippen LogP contribution is 2.37. The van der Waals surface area contributed by atoms with Crippen molar-refractivity contribution < 1.29 is 9.47 Å². The Labute approximate surface area is 240 Å². The molecule has 0 radical (unpaired) electrons. The molecule has 4 aromatic rings. The molecule has 2 aromatic carbocycles. The summed E-state index contributed by atoms with van der Waals surface area (Å²) in [5.41, 5.74) is 11.7. The van der Waals surface area contributed by atoms with Crippen molar-refractivity contribution in [3.63, 3.8) is 0 Å². The van der Waals surface area contributed by atoms with E-state index in [0.29, 0.717) is 23.0 Å². The maximum Gasteiger partial charge on any atom is 0.145 e. The predicted molar refractivity (Wildman–Crippen MR) is 165 cm³/mol. The maximum absolute atomic E-state index is 6.24. The number of hydrogen-bond acceptors (Lipinski definition) is 7. The minimum Gasteiger partial charge on any atom is -0.496 e. The standard InChI is InChI=1S/C34H33N5O2/c1-5-24-18-28-30(20-33(24)40-4)35-17-16-32(28)41-26-14-15-34(36-21-26)37-23(3)29-19-27-22(2)10-9-13-31(27)39(38-29)25-11-7-6-8-12-25/h6-8,11-12,14-21,38H,2-3,5,9-10,13H2,1,4H3,(H,36,37). The number of aromatic nitrogens is 2. The predicted octanol–water partition coefficient (Wildman–Crippen LogP) is 7.82. The van der Waals surface area contributed by atoms with Crippen molar-refractivity contribution >= 4 is 22.4 Å². The van der Waals surface area contributed by atoms with Gasteiger partial charge in [0, 0.05) is 28.9 Å². The van der Waals surface area contributed by atoms with Crippen LogP contribution in [0.1, 0.15) is 31.7 Å². The average Bonchev–Trinajstić information content (AvgIpc) is 3.01. The molecule has 0 bridgehead atoms. The molecule has 3 heterocycles. The lowest BCUT2D eigenvalue weighted by molar-refractivity contribution is 0.410. The number of methoxy groups -OCH3 is 1. The fourth-order valence-electron chi connectivity index (χ4n) is 5.29. The molecule has 7 nitrogen and oxygen atoms in total. The Hall–Kier alpha value is -5.04. The highest BCUT2D eigenvalue weighted by atomic mass is 16.5. The van der Waals surface area contributed by atoms with Crippen LogP contribution < -0.4 is 25.2 Å². The highest BCUT2D eigenvalue weighted by Gasteiger charge is 2.26. The molecule has 6 rings (SSSR count). The number of aryl methyl sites for hydroxylation is 1. The van der Waals surface area contributed by atoms with Crippen LogP contribution in [-0.2, 0) is 6.42 Å². The van der Waals surface area contributed by atoms with Gasteiger partial charge in [-0.25, -0.2) is 4.98 Å². The van der Waals surface area contributed by atoms with Gasteiger partial charge < -0.3 is 14.8 Å². The second-order valence-corrected chi connectivity index (χ2v) is 10.1. The second kappa shape index (κ2) is 11.2. The number of nitrogens with one attached hydrogen (secondary N) is 2. The summed E-state index contributed by atoms with van der Waals surface area (Å²) in [6.45, 7) is 10.8. The summed E-state index contributed by atoms with van der Waals surface area (Å²) in [4.78, 5) is 9.09. The van der Waals surface area contributed by atoms with Crippen molar-refractivity contribution in [2.24, 2.45) is 0 Å². The summed E-state index contributed by atoms with van der Waals surface area (Å²) < 4.78 is 11.8. The van der Waals surface area contributed by atoms with E-state index in [9.17, 15) is 0 Å². The van der Waals surface area contributed by atoms with E-state index in [1.54, 1.807) is 19.5 Å². The van der Waals surface area contributed by atoms with Crippen molar-refractivity contribution in [2.45, 2.75) is 32.6 Å². The molecule has 2 N–H and O–H groups in total. The largest absolute Gasteiger partial charge is 0.496 e. The highest BCUT2D eigenvalue weighted by molar-refractivity contribution is 5.87. The molecule has 0 atom stereocenters. The molecular formula is C34H33N5O2. The maximum atomic E-state index is 6.24. The number of pyridine rings is 2. The molecule has 2 aliphatic rings. The van der Waals surface area contributed by atoms with Crippen LogP contribution in [-0.4, -0.2) is 17.1 Å². The molecule has 41 heavy (non-hydrogen) atoms. The zero-order chi connectivity index (χ0) is 28.3. The van der Waals surface area contributed by atoms with E-state index in [-0.39, 0.29) is 0 Å². The van der Waals surface area contributed by atoms with Crippen LogP contribution in [0.25, 0.3) is 10.9 Å². The van der Waals surface area contributed by atoms with Crippen LogP contribution >= 0.6 is 0 Å². The number of anilines is 2. The van der Waals surface area contributed by atoms with E-state index in [2.05, 4.69) is 70.1 Å². The van der Waals surface area contributed by atoms with E-state index in [4.69, 9.17) is 9.47 Å². The monoisotopic (exact) mass is 543 g/mol. The Morgan fingerprint density at radius 2 is 1.90 bits per heavy atom. The zero-order valence-corrected chi connectivity index (χ0v) is 23.4. The number of benzene rings is 2. The normalized spacial score (nSPS) is 14.7. The van der Waals surface area contributed by atoms with Crippen LogP contribution in [0.3, 0.4) is 0 Å². The Kier molecular flexibility index (Phi) is 7.17. The minimum absolute atomic E-state index is 0.626. The number of hydrazine groups is 1. The first kappa shape index (κ1) is 26.2. The fraction of sp³-hybridized carbons (Fsp3) is 0.176. The van der Waals surface area contributed by atoms with Crippen LogP contribution in [0.5, 0.6) is 17.2 Å². The molecule has 0 unspecified atom stereocenters. The summed E-state index contributed by atoms with van der Waals surface area (Å²) in [7, 11) is 1.68. The summed E-state index contributed by atoms with van der Waals surface area (Å²) in [6.07, 6.45) is 9.50. The number of hydrogen-bond donors (Lipinski definition) is 2. The van der Waals surface area contributed by atoms with E-state index in [0.717, 1.165) is 64.9 Å². The molecule has 1 aliphatic carbocycles. The molecule has 0 saturated carbocycles. The Morgan fingerprint density at radius 1 is 1.05 bits per heavy atom. The van der Waals surface area contributed by atoms with Gasteiger partial charge in [0.2, 0.25) is 0 Å². The van der Waals surface area contributed by atoms with Gasteiger partial charge in [-0.3, -0.25) is 15.4 Å². The molecule has 0 amide bonds. The van der Waals surface area contributed by atoms with Crippen molar-refractivity contribution in [2.75, 3.05) is 17.4 Å². The van der Waals surface area contributed by atoms with Crippen LogP contribution in [0.4, 0.5) is 11.5 Å². The first-order valence-corrected chi connectivity index (χ1v) is 13.8. The van der Waals surface area contributed by atoms with Gasteiger partial charge in [0.05, 0.1) is 35.9 Å². The van der Waals surface area contributed by atoms with Gasteiger partial charge in [-0.2, -0.15) is 0 Å². The molecule has 0 fully saturated rings. The quantitative estimate of drug-likeness (QED) is 0.235. The molecular weight excluding hydrogens is 510 g/mol. The molecule has 0 spiro atoms. The lowest BCUT2D eigenvalue weighted by atomic mass is 9.89. The number of rotatable bonds is 8. The third-order valence-electron chi connectivity index (χ3n) is 7.44. The molecule has 7 heteroatoms. The average molecular weight is 544 g/mol. The molecule has 1 aliphatic heterocycles. The lowest BCUT2D eigenvalue weighted by Crippen LogP contribution is -2.42. The van der Waals surface area contributed by atoms with Crippen molar-refractivity contribution in [3.8, 4) is 17.2 Å². The van der Waals surface area contributed by atoms with Gasteiger partial charge in [-0.1, -0.05) is 38.3 Å². The Bertz CT molecular complexity index is 1690. The number of para-hydroxylation sites is 1. The van der Waals surface area contributed by atoms with Gasteiger partial charge in [0.15, 0.2) is 0 Å². The zero-order valence-electron chi connectivity index (χ0n) is 23.4. The third kappa shape index (κ3) is 5.26. The fourth-order valence-corrected chi connectivity index (χ4v) is 5.29. The van der Waals surface area contributed by atoms with Gasteiger partial charge >= 0.3 is 0 Å². The van der Waals surface area contributed by atoms with Gasteiger partial charge in [-0.15, -0.1) is 0 Å². The topological polar surface area (TPSA) is 71.5 Å². The van der Waals surface area contributed by atoms with E-state index < -0.39 is 0 Å². The van der Waals surface area contributed by atoms with Crippen LogP contribution in [0.15, 0.2) is 121 Å². The Balaban J connectivity index is 1.20. The number of fused-ring (bicyclic) bond motifs is 1.